The van der Waals surface area contributed by atoms with Gasteiger partial charge in [0.2, 0.25) is 0 Å². The fourth-order valence-electron chi connectivity index (χ4n) is 3.56. The number of hydrogen-bond acceptors (Lipinski definition) is 6. The Bertz CT molecular complexity index is 948. The summed E-state index contributed by atoms with van der Waals surface area (Å²) < 4.78 is 10.5. The second kappa shape index (κ2) is 9.45. The van der Waals surface area contributed by atoms with Gasteiger partial charge >= 0.3 is 0 Å². The van der Waals surface area contributed by atoms with Gasteiger partial charge in [0.1, 0.15) is 5.75 Å². The lowest BCUT2D eigenvalue weighted by atomic mass is 10.2. The lowest BCUT2D eigenvalue weighted by Gasteiger charge is -2.35. The summed E-state index contributed by atoms with van der Waals surface area (Å²) in [4.78, 5) is 17.0. The van der Waals surface area contributed by atoms with Crippen LogP contribution in [0, 0.1) is 0 Å². The molecule has 1 aliphatic heterocycles. The molecule has 1 aromatic heterocycles. The highest BCUT2D eigenvalue weighted by molar-refractivity contribution is 5.94. The monoisotopic (exact) mass is 406 g/mol. The Kier molecular flexibility index (Phi) is 6.29. The lowest BCUT2D eigenvalue weighted by molar-refractivity contribution is 0.0947. The molecule has 0 radical (unpaired) electrons. The number of carbonyl (C=O) groups is 1. The minimum atomic E-state index is -0.160. The number of para-hydroxylation sites is 1. The first kappa shape index (κ1) is 20.0. The van der Waals surface area contributed by atoms with Crippen LogP contribution in [-0.4, -0.2) is 49.3 Å². The van der Waals surface area contributed by atoms with Gasteiger partial charge in [-0.25, -0.2) is 0 Å². The van der Waals surface area contributed by atoms with Crippen molar-refractivity contribution in [1.29, 1.82) is 0 Å². The highest BCUT2D eigenvalue weighted by Crippen LogP contribution is 2.17. The number of aromatic nitrogens is 1. The van der Waals surface area contributed by atoms with E-state index in [0.717, 1.165) is 44.2 Å². The molecule has 156 valence electrons. The van der Waals surface area contributed by atoms with E-state index in [0.29, 0.717) is 17.9 Å². The second-order valence-electron chi connectivity index (χ2n) is 7.29. The minimum absolute atomic E-state index is 0.160. The average Bonchev–Trinajstić information content (AvgIpc) is 3.26. The molecule has 1 saturated heterocycles. The summed E-state index contributed by atoms with van der Waals surface area (Å²) in [5.41, 5.74) is 2.73. The Morgan fingerprint density at radius 1 is 1.07 bits per heavy atom. The molecule has 1 amide bonds. The van der Waals surface area contributed by atoms with Gasteiger partial charge in [0, 0.05) is 50.0 Å². The average molecular weight is 406 g/mol. The van der Waals surface area contributed by atoms with Crippen LogP contribution in [-0.2, 0) is 13.1 Å². The van der Waals surface area contributed by atoms with Crippen LogP contribution in [0.5, 0.6) is 5.75 Å². The Hall–Kier alpha value is -3.32. The topological polar surface area (TPSA) is 70.8 Å². The fraction of sp³-hybridized carbons (Fsp3) is 0.304. The van der Waals surface area contributed by atoms with Crippen LogP contribution < -0.4 is 15.0 Å². The van der Waals surface area contributed by atoms with Gasteiger partial charge in [-0.1, -0.05) is 23.4 Å². The van der Waals surface area contributed by atoms with Crippen molar-refractivity contribution in [2.45, 2.75) is 13.1 Å². The molecule has 1 aliphatic rings. The number of nitrogens with zero attached hydrogens (tertiary/aromatic N) is 3. The standard InChI is InChI=1S/C23H26N4O3/c1-29-21-9-7-18(8-10-21)23(28)24-16-22-15-19(25-30-22)17-26-11-13-27(14-12-26)20-5-3-2-4-6-20/h2-10,15H,11-14,16-17H2,1H3,(H,24,28). The van der Waals surface area contributed by atoms with E-state index in [1.807, 2.05) is 12.1 Å². The summed E-state index contributed by atoms with van der Waals surface area (Å²) in [7, 11) is 1.60. The van der Waals surface area contributed by atoms with Gasteiger partial charge in [0.25, 0.3) is 5.91 Å². The smallest absolute Gasteiger partial charge is 0.251 e. The number of nitrogens with one attached hydrogen (secondary N) is 1. The Labute approximate surface area is 176 Å². The zero-order valence-corrected chi connectivity index (χ0v) is 17.1. The van der Waals surface area contributed by atoms with Crippen LogP contribution in [0.25, 0.3) is 0 Å². The normalized spacial score (nSPS) is 14.5. The predicted molar refractivity (Wildman–Crippen MR) is 115 cm³/mol. The number of anilines is 1. The van der Waals surface area contributed by atoms with Crippen LogP contribution in [0.3, 0.4) is 0 Å². The van der Waals surface area contributed by atoms with Gasteiger partial charge in [0.05, 0.1) is 19.3 Å². The number of methoxy groups -OCH3 is 1. The molecule has 1 fully saturated rings. The summed E-state index contributed by atoms with van der Waals surface area (Å²) in [6.07, 6.45) is 0. The van der Waals surface area contributed by atoms with Crippen molar-refractivity contribution in [1.82, 2.24) is 15.4 Å². The Morgan fingerprint density at radius 3 is 2.50 bits per heavy atom. The second-order valence-corrected chi connectivity index (χ2v) is 7.29. The SMILES string of the molecule is COc1ccc(C(=O)NCc2cc(CN3CCN(c4ccccc4)CC3)no2)cc1. The van der Waals surface area contributed by atoms with Gasteiger partial charge in [-0.15, -0.1) is 0 Å². The van der Waals surface area contributed by atoms with Crippen molar-refractivity contribution in [2.75, 3.05) is 38.2 Å². The van der Waals surface area contributed by atoms with Crippen molar-refractivity contribution in [3.63, 3.8) is 0 Å². The van der Waals surface area contributed by atoms with Crippen LogP contribution >= 0.6 is 0 Å². The Balaban J connectivity index is 1.24. The third-order valence-corrected chi connectivity index (χ3v) is 5.26. The van der Waals surface area contributed by atoms with E-state index in [4.69, 9.17) is 9.26 Å². The highest BCUT2D eigenvalue weighted by Gasteiger charge is 2.18. The molecule has 0 spiro atoms. The van der Waals surface area contributed by atoms with E-state index in [2.05, 4.69) is 44.5 Å². The van der Waals surface area contributed by atoms with Gasteiger partial charge in [0.15, 0.2) is 5.76 Å². The predicted octanol–water partition coefficient (Wildman–Crippen LogP) is 2.94. The summed E-state index contributed by atoms with van der Waals surface area (Å²) >= 11 is 0. The van der Waals surface area contributed by atoms with Crippen molar-refractivity contribution in [3.8, 4) is 5.75 Å². The number of rotatable bonds is 7. The fourth-order valence-corrected chi connectivity index (χ4v) is 3.56. The van der Waals surface area contributed by atoms with Gasteiger partial charge in [-0.05, 0) is 36.4 Å². The van der Waals surface area contributed by atoms with Crippen LogP contribution in [0.1, 0.15) is 21.8 Å². The van der Waals surface area contributed by atoms with E-state index in [-0.39, 0.29) is 5.91 Å². The molecule has 0 saturated carbocycles. The summed E-state index contributed by atoms with van der Waals surface area (Å²) in [6, 6.07) is 19.4. The van der Waals surface area contributed by atoms with Crippen LogP contribution in [0.2, 0.25) is 0 Å². The zero-order chi connectivity index (χ0) is 20.8. The number of ether oxygens (including phenoxy) is 1. The van der Waals surface area contributed by atoms with E-state index in [1.165, 1.54) is 5.69 Å². The molecule has 0 aliphatic carbocycles. The van der Waals surface area contributed by atoms with E-state index in [1.54, 1.807) is 31.4 Å². The number of piperazine rings is 1. The van der Waals surface area contributed by atoms with Crippen LogP contribution in [0.15, 0.2) is 65.2 Å². The van der Waals surface area contributed by atoms with E-state index >= 15 is 0 Å². The molecule has 1 N–H and O–H groups in total. The lowest BCUT2D eigenvalue weighted by Crippen LogP contribution is -2.46. The molecule has 7 nitrogen and oxygen atoms in total. The van der Waals surface area contributed by atoms with Crippen molar-refractivity contribution in [2.24, 2.45) is 0 Å². The van der Waals surface area contributed by atoms with Crippen molar-refractivity contribution >= 4 is 11.6 Å². The number of hydrogen-bond donors (Lipinski definition) is 1. The molecule has 0 unspecified atom stereocenters. The number of amides is 1. The van der Waals surface area contributed by atoms with Gasteiger partial charge < -0.3 is 19.5 Å². The molecular formula is C23H26N4O3. The summed E-state index contributed by atoms with van der Waals surface area (Å²) in [5.74, 6) is 1.21. The van der Waals surface area contributed by atoms with Crippen molar-refractivity contribution < 1.29 is 14.1 Å². The zero-order valence-electron chi connectivity index (χ0n) is 17.1. The van der Waals surface area contributed by atoms with Crippen molar-refractivity contribution in [3.05, 3.63) is 77.7 Å². The highest BCUT2D eigenvalue weighted by atomic mass is 16.5. The Morgan fingerprint density at radius 2 is 1.80 bits per heavy atom. The third-order valence-electron chi connectivity index (χ3n) is 5.26. The maximum Gasteiger partial charge on any atom is 0.251 e. The summed E-state index contributed by atoms with van der Waals surface area (Å²) in [5, 5.41) is 7.02. The van der Waals surface area contributed by atoms with E-state index < -0.39 is 0 Å². The molecule has 4 rings (SSSR count). The maximum absolute atomic E-state index is 12.3. The van der Waals surface area contributed by atoms with Gasteiger partial charge in [-0.3, -0.25) is 9.69 Å². The molecule has 0 bridgehead atoms. The van der Waals surface area contributed by atoms with Gasteiger partial charge in [-0.2, -0.15) is 0 Å². The number of benzene rings is 2. The molecular weight excluding hydrogens is 380 g/mol. The molecule has 2 heterocycles. The maximum atomic E-state index is 12.3. The largest absolute Gasteiger partial charge is 0.497 e. The third kappa shape index (κ3) is 4.99. The molecule has 3 aromatic rings. The molecule has 2 aromatic carbocycles. The molecule has 0 atom stereocenters. The quantitative estimate of drug-likeness (QED) is 0.651. The first-order valence-corrected chi connectivity index (χ1v) is 10.1. The first-order valence-electron chi connectivity index (χ1n) is 10.1. The van der Waals surface area contributed by atoms with E-state index in [9.17, 15) is 4.79 Å². The van der Waals surface area contributed by atoms with Crippen LogP contribution in [0.4, 0.5) is 5.69 Å². The summed E-state index contributed by atoms with van der Waals surface area (Å²) in [6.45, 7) is 4.99. The number of carbonyl (C=O) groups excluding carboxylic acids is 1. The minimum Gasteiger partial charge on any atom is -0.497 e. The first-order chi connectivity index (χ1) is 14.7. The molecule has 30 heavy (non-hydrogen) atoms. The molecule has 7 heteroatoms.